The summed E-state index contributed by atoms with van der Waals surface area (Å²) in [5, 5.41) is 3.31. The van der Waals surface area contributed by atoms with Gasteiger partial charge in [-0.25, -0.2) is 9.78 Å². The highest BCUT2D eigenvalue weighted by molar-refractivity contribution is 7.09. The fraction of sp³-hybridized carbons (Fsp3) is 0.200. The third kappa shape index (κ3) is 2.62. The molecule has 0 saturated carbocycles. The number of amides is 2. The summed E-state index contributed by atoms with van der Waals surface area (Å²) in [4.78, 5) is 45.1. The maximum atomic E-state index is 12.0. The van der Waals surface area contributed by atoms with Crippen molar-refractivity contribution in [3.8, 4) is 0 Å². The Kier molecular flexibility index (Phi) is 3.72. The van der Waals surface area contributed by atoms with Crippen molar-refractivity contribution >= 4 is 29.1 Å². The second-order valence-corrected chi connectivity index (χ2v) is 5.83. The number of carbonyl (C=O) groups is 3. The molecule has 0 spiro atoms. The highest BCUT2D eigenvalue weighted by Crippen LogP contribution is 2.23. The molecule has 7 heteroatoms. The van der Waals surface area contributed by atoms with Crippen LogP contribution in [0.25, 0.3) is 0 Å². The Labute approximate surface area is 130 Å². The zero-order valence-electron chi connectivity index (χ0n) is 11.7. The van der Waals surface area contributed by atoms with E-state index in [1.165, 1.54) is 23.5 Å². The quantitative estimate of drug-likeness (QED) is 0.808. The molecule has 6 nitrogen and oxygen atoms in total. The number of aromatic nitrogens is 1. The Balaban J connectivity index is 1.63. The van der Waals surface area contributed by atoms with Crippen LogP contribution in [0.4, 0.5) is 0 Å². The summed E-state index contributed by atoms with van der Waals surface area (Å²) < 4.78 is 0. The first-order valence-electron chi connectivity index (χ1n) is 6.66. The van der Waals surface area contributed by atoms with Gasteiger partial charge in [0.05, 0.1) is 28.2 Å². The van der Waals surface area contributed by atoms with Gasteiger partial charge in [-0.15, -0.1) is 11.3 Å². The maximum absolute atomic E-state index is 12.0. The Morgan fingerprint density at radius 1 is 1.23 bits per heavy atom. The molecule has 1 aliphatic heterocycles. The van der Waals surface area contributed by atoms with Crippen LogP contribution in [0.15, 0.2) is 29.6 Å². The van der Waals surface area contributed by atoms with Gasteiger partial charge in [0.15, 0.2) is 0 Å². The van der Waals surface area contributed by atoms with E-state index in [0.29, 0.717) is 11.5 Å². The molecule has 112 valence electrons. The van der Waals surface area contributed by atoms with Crippen molar-refractivity contribution in [2.45, 2.75) is 19.8 Å². The molecule has 0 aliphatic carbocycles. The van der Waals surface area contributed by atoms with Crippen LogP contribution >= 0.6 is 11.3 Å². The van der Waals surface area contributed by atoms with Crippen LogP contribution in [0.3, 0.4) is 0 Å². The SMILES string of the molecule is Cc1nc(CCC(=O)ON2C(=O)c3ccccc3C2=O)cs1. The summed E-state index contributed by atoms with van der Waals surface area (Å²) in [6.45, 7) is 1.88. The molecular formula is C15H12N2O4S. The minimum Gasteiger partial charge on any atom is -0.330 e. The van der Waals surface area contributed by atoms with Crippen LogP contribution in [-0.4, -0.2) is 27.8 Å². The van der Waals surface area contributed by atoms with Gasteiger partial charge in [-0.1, -0.05) is 17.2 Å². The minimum absolute atomic E-state index is 0.0522. The number of nitrogens with zero attached hydrogens (tertiary/aromatic N) is 2. The zero-order chi connectivity index (χ0) is 15.7. The van der Waals surface area contributed by atoms with Gasteiger partial charge in [0.2, 0.25) is 0 Å². The highest BCUT2D eigenvalue weighted by atomic mass is 32.1. The summed E-state index contributed by atoms with van der Waals surface area (Å²) >= 11 is 1.50. The first kappa shape index (κ1) is 14.4. The van der Waals surface area contributed by atoms with E-state index in [-0.39, 0.29) is 17.5 Å². The molecular weight excluding hydrogens is 304 g/mol. The molecule has 1 aromatic carbocycles. The predicted octanol–water partition coefficient (Wildman–Crippen LogP) is 2.14. The Morgan fingerprint density at radius 2 is 1.86 bits per heavy atom. The molecule has 1 aliphatic rings. The number of hydrogen-bond donors (Lipinski definition) is 0. The zero-order valence-corrected chi connectivity index (χ0v) is 12.6. The lowest BCUT2D eigenvalue weighted by molar-refractivity contribution is -0.168. The number of hydroxylamine groups is 2. The number of fused-ring (bicyclic) bond motifs is 1. The smallest absolute Gasteiger partial charge is 0.330 e. The monoisotopic (exact) mass is 316 g/mol. The second-order valence-electron chi connectivity index (χ2n) is 4.77. The summed E-state index contributed by atoms with van der Waals surface area (Å²) in [7, 11) is 0. The average molecular weight is 316 g/mol. The van der Waals surface area contributed by atoms with Crippen molar-refractivity contribution in [3.63, 3.8) is 0 Å². The van der Waals surface area contributed by atoms with Gasteiger partial charge in [-0.3, -0.25) is 9.59 Å². The van der Waals surface area contributed by atoms with E-state index in [4.69, 9.17) is 4.84 Å². The van der Waals surface area contributed by atoms with E-state index in [9.17, 15) is 14.4 Å². The van der Waals surface area contributed by atoms with Gasteiger partial charge in [-0.05, 0) is 19.1 Å². The Bertz CT molecular complexity index is 733. The topological polar surface area (TPSA) is 76.6 Å². The Hall–Kier alpha value is -2.54. The number of thiazole rings is 1. The number of rotatable bonds is 4. The van der Waals surface area contributed by atoms with Crippen molar-refractivity contribution in [2.75, 3.05) is 0 Å². The predicted molar refractivity (Wildman–Crippen MR) is 78.2 cm³/mol. The highest BCUT2D eigenvalue weighted by Gasteiger charge is 2.38. The molecule has 0 unspecified atom stereocenters. The lowest BCUT2D eigenvalue weighted by Crippen LogP contribution is -2.32. The number of benzene rings is 1. The molecule has 0 radical (unpaired) electrons. The van der Waals surface area contributed by atoms with Gasteiger partial charge in [0, 0.05) is 11.8 Å². The summed E-state index contributed by atoms with van der Waals surface area (Å²) in [5.74, 6) is -1.86. The molecule has 0 N–H and O–H groups in total. The first-order chi connectivity index (χ1) is 10.6. The molecule has 2 amide bonds. The standard InChI is InChI=1S/C15H12N2O4S/c1-9-16-10(8-22-9)6-7-13(18)21-17-14(19)11-4-2-3-5-12(11)15(17)20/h2-5,8H,6-7H2,1H3. The normalized spacial score (nSPS) is 13.4. The minimum atomic E-state index is -0.639. The molecule has 2 aromatic rings. The van der Waals surface area contributed by atoms with Crippen molar-refractivity contribution in [1.29, 1.82) is 0 Å². The number of carbonyl (C=O) groups excluding carboxylic acids is 3. The molecule has 2 heterocycles. The summed E-state index contributed by atoms with van der Waals surface area (Å²) in [6, 6.07) is 6.36. The lowest BCUT2D eigenvalue weighted by Gasteiger charge is -2.12. The molecule has 0 bridgehead atoms. The molecule has 22 heavy (non-hydrogen) atoms. The Morgan fingerprint density at radius 3 is 2.41 bits per heavy atom. The van der Waals surface area contributed by atoms with E-state index >= 15 is 0 Å². The van der Waals surface area contributed by atoms with Crippen LogP contribution in [-0.2, 0) is 16.1 Å². The third-order valence-corrected chi connectivity index (χ3v) is 4.02. The van der Waals surface area contributed by atoms with Crippen molar-refractivity contribution < 1.29 is 19.2 Å². The van der Waals surface area contributed by atoms with E-state index in [2.05, 4.69) is 4.98 Å². The van der Waals surface area contributed by atoms with Gasteiger partial charge < -0.3 is 4.84 Å². The van der Waals surface area contributed by atoms with Crippen LogP contribution in [0.2, 0.25) is 0 Å². The van der Waals surface area contributed by atoms with Crippen LogP contribution in [0.5, 0.6) is 0 Å². The fourth-order valence-corrected chi connectivity index (χ4v) is 2.80. The number of imide groups is 1. The number of aryl methyl sites for hydroxylation is 2. The molecule has 0 atom stereocenters. The second kappa shape index (κ2) is 5.69. The third-order valence-electron chi connectivity index (χ3n) is 3.20. The molecule has 0 fully saturated rings. The van der Waals surface area contributed by atoms with Gasteiger partial charge in [0.25, 0.3) is 11.8 Å². The first-order valence-corrected chi connectivity index (χ1v) is 7.54. The fourth-order valence-electron chi connectivity index (χ4n) is 2.15. The number of hydrogen-bond acceptors (Lipinski definition) is 6. The van der Waals surface area contributed by atoms with E-state index in [0.717, 1.165) is 10.7 Å². The lowest BCUT2D eigenvalue weighted by atomic mass is 10.1. The van der Waals surface area contributed by atoms with Crippen molar-refractivity contribution in [3.05, 3.63) is 51.5 Å². The van der Waals surface area contributed by atoms with Gasteiger partial charge >= 0.3 is 5.97 Å². The van der Waals surface area contributed by atoms with Crippen LogP contribution in [0.1, 0.15) is 37.8 Å². The van der Waals surface area contributed by atoms with Gasteiger partial charge in [0.1, 0.15) is 0 Å². The van der Waals surface area contributed by atoms with Crippen molar-refractivity contribution in [2.24, 2.45) is 0 Å². The maximum Gasteiger partial charge on any atom is 0.333 e. The van der Waals surface area contributed by atoms with Gasteiger partial charge in [-0.2, -0.15) is 0 Å². The molecule has 1 aromatic heterocycles. The van der Waals surface area contributed by atoms with Crippen LogP contribution in [0, 0.1) is 6.92 Å². The molecule has 0 saturated heterocycles. The molecule has 3 rings (SSSR count). The van der Waals surface area contributed by atoms with E-state index in [1.54, 1.807) is 12.1 Å². The largest absolute Gasteiger partial charge is 0.333 e. The van der Waals surface area contributed by atoms with E-state index < -0.39 is 17.8 Å². The van der Waals surface area contributed by atoms with Crippen molar-refractivity contribution in [1.82, 2.24) is 10.0 Å². The summed E-state index contributed by atoms with van der Waals surface area (Å²) in [6.07, 6.45) is 0.461. The van der Waals surface area contributed by atoms with E-state index in [1.807, 2.05) is 12.3 Å². The summed E-state index contributed by atoms with van der Waals surface area (Å²) in [5.41, 5.74) is 1.28. The van der Waals surface area contributed by atoms with Crippen LogP contribution < -0.4 is 0 Å². The average Bonchev–Trinajstić information content (AvgIpc) is 3.03.